The fraction of sp³-hybridized carbons (Fsp3) is 0.476. The van der Waals surface area contributed by atoms with Crippen LogP contribution in [0.3, 0.4) is 0 Å². The van der Waals surface area contributed by atoms with Crippen molar-refractivity contribution in [3.63, 3.8) is 0 Å². The van der Waals surface area contributed by atoms with E-state index in [1.807, 2.05) is 36.9 Å². The molecule has 0 spiro atoms. The highest BCUT2D eigenvalue weighted by atomic mass is 32.1. The Morgan fingerprint density at radius 3 is 2.74 bits per heavy atom. The molecular weight excluding hydrogens is 356 g/mol. The number of likely N-dealkylation sites (N-methyl/N-ethyl adjacent to an activating group) is 1. The van der Waals surface area contributed by atoms with Crippen LogP contribution in [0.15, 0.2) is 18.2 Å². The monoisotopic (exact) mass is 384 g/mol. The van der Waals surface area contributed by atoms with Crippen LogP contribution in [-0.2, 0) is 0 Å². The number of rotatable bonds is 6. The summed E-state index contributed by atoms with van der Waals surface area (Å²) >= 11 is 1.48. The Hall–Kier alpha value is -2.05. The van der Waals surface area contributed by atoms with E-state index in [2.05, 4.69) is 23.7 Å². The molecule has 1 fully saturated rings. The quantitative estimate of drug-likeness (QED) is 0.766. The first kappa shape index (κ1) is 19.7. The van der Waals surface area contributed by atoms with Crippen molar-refractivity contribution < 1.29 is 4.79 Å². The van der Waals surface area contributed by atoms with Crippen molar-refractivity contribution in [2.75, 3.05) is 26.2 Å². The highest BCUT2D eigenvalue weighted by Crippen LogP contribution is 2.31. The predicted molar refractivity (Wildman–Crippen MR) is 112 cm³/mol. The molecule has 27 heavy (non-hydrogen) atoms. The van der Waals surface area contributed by atoms with Crippen molar-refractivity contribution in [2.24, 2.45) is 0 Å². The van der Waals surface area contributed by atoms with E-state index in [0.29, 0.717) is 6.04 Å². The maximum absolute atomic E-state index is 13.1. The molecule has 1 N–H and O–H groups in total. The summed E-state index contributed by atoms with van der Waals surface area (Å²) in [7, 11) is 0. The van der Waals surface area contributed by atoms with Gasteiger partial charge in [-0.15, -0.1) is 11.3 Å². The van der Waals surface area contributed by atoms with E-state index in [0.717, 1.165) is 64.9 Å². The van der Waals surface area contributed by atoms with Gasteiger partial charge in [0.2, 0.25) is 0 Å². The van der Waals surface area contributed by atoms with Gasteiger partial charge in [0.05, 0.1) is 5.69 Å². The predicted octanol–water partition coefficient (Wildman–Crippen LogP) is 3.98. The zero-order chi connectivity index (χ0) is 19.6. The molecule has 0 saturated carbocycles. The van der Waals surface area contributed by atoms with Crippen LogP contribution in [0.4, 0.5) is 0 Å². The second kappa shape index (κ2) is 8.31. The van der Waals surface area contributed by atoms with E-state index in [9.17, 15) is 4.79 Å². The number of nitrogens with one attached hydrogen (secondary N) is 1. The fourth-order valence-electron chi connectivity index (χ4n) is 3.80. The SMILES string of the molecule is CCN(CC)C1CCN(C(=O)c2sc(-c3ccc(C=N)c(C)c3)nc2C)C1. The van der Waals surface area contributed by atoms with Gasteiger partial charge in [0.15, 0.2) is 0 Å². The largest absolute Gasteiger partial charge is 0.336 e. The summed E-state index contributed by atoms with van der Waals surface area (Å²) < 4.78 is 0. The minimum Gasteiger partial charge on any atom is -0.336 e. The average molecular weight is 385 g/mol. The zero-order valence-corrected chi connectivity index (χ0v) is 17.4. The van der Waals surface area contributed by atoms with Gasteiger partial charge in [-0.3, -0.25) is 9.69 Å². The van der Waals surface area contributed by atoms with Gasteiger partial charge in [-0.05, 0) is 50.6 Å². The van der Waals surface area contributed by atoms with Gasteiger partial charge in [-0.2, -0.15) is 0 Å². The molecule has 2 heterocycles. The summed E-state index contributed by atoms with van der Waals surface area (Å²) in [6.07, 6.45) is 2.41. The van der Waals surface area contributed by atoms with Gasteiger partial charge >= 0.3 is 0 Å². The van der Waals surface area contributed by atoms with E-state index in [1.165, 1.54) is 17.6 Å². The maximum Gasteiger partial charge on any atom is 0.265 e. The third-order valence-corrected chi connectivity index (χ3v) is 6.64. The Kier molecular flexibility index (Phi) is 6.07. The number of hydrogen-bond acceptors (Lipinski definition) is 5. The van der Waals surface area contributed by atoms with Gasteiger partial charge in [-0.1, -0.05) is 26.0 Å². The zero-order valence-electron chi connectivity index (χ0n) is 16.6. The third kappa shape index (κ3) is 3.96. The van der Waals surface area contributed by atoms with Gasteiger partial charge in [0, 0.05) is 30.9 Å². The van der Waals surface area contributed by atoms with E-state index < -0.39 is 0 Å². The Balaban J connectivity index is 1.79. The van der Waals surface area contributed by atoms with Gasteiger partial charge in [0.25, 0.3) is 5.91 Å². The number of nitrogens with zero attached hydrogens (tertiary/aromatic N) is 3. The Morgan fingerprint density at radius 2 is 2.11 bits per heavy atom. The maximum atomic E-state index is 13.1. The molecule has 0 aliphatic carbocycles. The van der Waals surface area contributed by atoms with Gasteiger partial charge < -0.3 is 10.3 Å². The number of hydrogen-bond donors (Lipinski definition) is 1. The Bertz CT molecular complexity index is 841. The molecule has 144 valence electrons. The lowest BCUT2D eigenvalue weighted by Crippen LogP contribution is -2.38. The number of aromatic nitrogens is 1. The molecule has 1 aromatic heterocycles. The summed E-state index contributed by atoms with van der Waals surface area (Å²) in [6, 6.07) is 6.42. The summed E-state index contributed by atoms with van der Waals surface area (Å²) in [5, 5.41) is 8.30. The smallest absolute Gasteiger partial charge is 0.265 e. The lowest BCUT2D eigenvalue weighted by molar-refractivity contribution is 0.0782. The number of carbonyl (C=O) groups is 1. The molecule has 1 amide bonds. The molecule has 1 aliphatic rings. The first-order valence-electron chi connectivity index (χ1n) is 9.60. The second-order valence-corrected chi connectivity index (χ2v) is 8.06. The molecule has 6 heteroatoms. The highest BCUT2D eigenvalue weighted by Gasteiger charge is 2.31. The van der Waals surface area contributed by atoms with E-state index in [4.69, 9.17) is 5.41 Å². The van der Waals surface area contributed by atoms with Crippen LogP contribution in [0, 0.1) is 19.3 Å². The van der Waals surface area contributed by atoms with Crippen LogP contribution in [0.1, 0.15) is 46.8 Å². The van der Waals surface area contributed by atoms with E-state index in [-0.39, 0.29) is 5.91 Å². The standard InChI is InChI=1S/C21H28N4OS/c1-5-24(6-2)18-9-10-25(13-18)21(26)19-15(4)23-20(27-19)16-7-8-17(12-22)14(3)11-16/h7-8,11-12,18,22H,5-6,9-10,13H2,1-4H3. The summed E-state index contributed by atoms with van der Waals surface area (Å²) in [4.78, 5) is 22.9. The lowest BCUT2D eigenvalue weighted by atomic mass is 10.1. The van der Waals surface area contributed by atoms with Crippen LogP contribution in [0.25, 0.3) is 10.6 Å². The lowest BCUT2D eigenvalue weighted by Gasteiger charge is -2.26. The second-order valence-electron chi connectivity index (χ2n) is 7.06. The molecule has 1 unspecified atom stereocenters. The van der Waals surface area contributed by atoms with Crippen molar-refractivity contribution in [3.8, 4) is 10.6 Å². The molecule has 1 saturated heterocycles. The molecule has 1 aliphatic heterocycles. The fourth-order valence-corrected chi connectivity index (χ4v) is 4.83. The molecule has 0 bridgehead atoms. The number of benzene rings is 1. The third-order valence-electron chi connectivity index (χ3n) is 5.44. The van der Waals surface area contributed by atoms with Crippen LogP contribution in [-0.4, -0.2) is 59.1 Å². The first-order chi connectivity index (χ1) is 13.0. The first-order valence-corrected chi connectivity index (χ1v) is 10.4. The highest BCUT2D eigenvalue weighted by molar-refractivity contribution is 7.17. The van der Waals surface area contributed by atoms with Crippen LogP contribution < -0.4 is 0 Å². The number of thiazole rings is 1. The summed E-state index contributed by atoms with van der Waals surface area (Å²) in [6.45, 7) is 12.0. The van der Waals surface area contributed by atoms with Crippen molar-refractivity contribution >= 4 is 23.5 Å². The van der Waals surface area contributed by atoms with Gasteiger partial charge in [-0.25, -0.2) is 4.98 Å². The number of aryl methyl sites for hydroxylation is 2. The minimum absolute atomic E-state index is 0.110. The number of carbonyl (C=O) groups excluding carboxylic acids is 1. The molecule has 3 rings (SSSR count). The summed E-state index contributed by atoms with van der Waals surface area (Å²) in [5.74, 6) is 0.110. The van der Waals surface area contributed by atoms with Crippen molar-refractivity contribution in [1.82, 2.24) is 14.8 Å². The van der Waals surface area contributed by atoms with Crippen molar-refractivity contribution in [1.29, 1.82) is 5.41 Å². The topological polar surface area (TPSA) is 60.3 Å². The van der Waals surface area contributed by atoms with E-state index in [1.54, 1.807) is 0 Å². The van der Waals surface area contributed by atoms with Crippen molar-refractivity contribution in [3.05, 3.63) is 39.9 Å². The summed E-state index contributed by atoms with van der Waals surface area (Å²) in [5.41, 5.74) is 3.76. The molecule has 0 radical (unpaired) electrons. The Morgan fingerprint density at radius 1 is 1.37 bits per heavy atom. The minimum atomic E-state index is 0.110. The van der Waals surface area contributed by atoms with Crippen molar-refractivity contribution in [2.45, 2.75) is 40.2 Å². The number of amides is 1. The molecule has 5 nitrogen and oxygen atoms in total. The molecular formula is C21H28N4OS. The van der Waals surface area contributed by atoms with Gasteiger partial charge in [0.1, 0.15) is 9.88 Å². The average Bonchev–Trinajstić information content (AvgIpc) is 3.29. The van der Waals surface area contributed by atoms with E-state index >= 15 is 0 Å². The van der Waals surface area contributed by atoms with Crippen LogP contribution >= 0.6 is 11.3 Å². The van der Waals surface area contributed by atoms with Crippen LogP contribution in [0.5, 0.6) is 0 Å². The Labute approximate surface area is 165 Å². The normalized spacial score (nSPS) is 16.9. The van der Waals surface area contributed by atoms with Crippen LogP contribution in [0.2, 0.25) is 0 Å². The molecule has 2 aromatic rings. The number of likely N-dealkylation sites (tertiary alicyclic amines) is 1. The molecule has 1 atom stereocenters. The molecule has 1 aromatic carbocycles.